The predicted octanol–water partition coefficient (Wildman–Crippen LogP) is 1.67. The molecule has 0 aromatic rings. The van der Waals surface area contributed by atoms with E-state index in [1.54, 1.807) is 41.5 Å². The summed E-state index contributed by atoms with van der Waals surface area (Å²) in [6.07, 6.45) is -1.06. The maximum absolute atomic E-state index is 11.7. The van der Waals surface area contributed by atoms with Gasteiger partial charge in [-0.15, -0.1) is 4.99 Å². The van der Waals surface area contributed by atoms with Gasteiger partial charge >= 0.3 is 12.2 Å². The molecule has 0 unspecified atom stereocenters. The van der Waals surface area contributed by atoms with Gasteiger partial charge in [-0.1, -0.05) is 0 Å². The summed E-state index contributed by atoms with van der Waals surface area (Å²) in [5.41, 5.74) is 6.31. The Morgan fingerprint density at radius 1 is 1.04 bits per heavy atom. The molecule has 0 fully saturated rings. The molecule has 0 atom stereocenters. The van der Waals surface area contributed by atoms with E-state index in [0.29, 0.717) is 13.0 Å². The van der Waals surface area contributed by atoms with Gasteiger partial charge in [0, 0.05) is 0 Å². The zero-order chi connectivity index (χ0) is 18.1. The first-order chi connectivity index (χ1) is 10.4. The molecule has 0 rings (SSSR count). The van der Waals surface area contributed by atoms with Crippen molar-refractivity contribution in [3.8, 4) is 0 Å². The summed E-state index contributed by atoms with van der Waals surface area (Å²) in [6.45, 7) is 11.0. The number of hydroxylamine groups is 1. The minimum atomic E-state index is -0.876. The van der Waals surface area contributed by atoms with E-state index in [1.165, 1.54) is 0 Å². The van der Waals surface area contributed by atoms with Crippen LogP contribution in [0.1, 0.15) is 48.0 Å². The standard InChI is InChI=1S/C14H28N4O5/c1-13(2,3)22-11(19)16-10(18-21-9-7-8-15)17-12(20)23-14(4,5)6/h7-9,15H2,1-6H3,(H2,16,17,18,19,20). The molecule has 0 aliphatic rings. The number of carbonyl (C=O) groups is 2. The number of nitrogens with zero attached hydrogens (tertiary/aromatic N) is 1. The lowest BCUT2D eigenvalue weighted by Gasteiger charge is -2.21. The maximum Gasteiger partial charge on any atom is 0.437 e. The topological polar surface area (TPSA) is 124 Å². The van der Waals surface area contributed by atoms with Crippen LogP contribution >= 0.6 is 0 Å². The van der Waals surface area contributed by atoms with Crippen molar-refractivity contribution in [3.63, 3.8) is 0 Å². The molecule has 0 aliphatic heterocycles. The molecule has 0 saturated carbocycles. The van der Waals surface area contributed by atoms with Crippen LogP contribution < -0.4 is 16.5 Å². The minimum Gasteiger partial charge on any atom is -0.444 e. The van der Waals surface area contributed by atoms with Gasteiger partial charge in [-0.05, 0) is 54.5 Å². The highest BCUT2D eigenvalue weighted by Gasteiger charge is 2.20. The van der Waals surface area contributed by atoms with Crippen LogP contribution in [0.5, 0.6) is 0 Å². The summed E-state index contributed by atoms with van der Waals surface area (Å²) in [4.78, 5) is 32.1. The second-order valence-corrected chi connectivity index (χ2v) is 6.66. The molecule has 0 saturated heterocycles. The number of hydrogen-bond acceptors (Lipinski definition) is 6. The Morgan fingerprint density at radius 3 is 2.09 bits per heavy atom. The fourth-order valence-corrected chi connectivity index (χ4v) is 1.13. The van der Waals surface area contributed by atoms with Crippen molar-refractivity contribution < 1.29 is 23.9 Å². The molecule has 0 radical (unpaired) electrons. The third kappa shape index (κ3) is 13.5. The van der Waals surface area contributed by atoms with Gasteiger partial charge in [0.05, 0.1) is 6.61 Å². The van der Waals surface area contributed by atoms with Gasteiger partial charge in [0.25, 0.3) is 0 Å². The Labute approximate surface area is 136 Å². The van der Waals surface area contributed by atoms with E-state index in [2.05, 4.69) is 15.8 Å². The summed E-state index contributed by atoms with van der Waals surface area (Å²) in [7, 11) is 0. The zero-order valence-corrected chi connectivity index (χ0v) is 14.7. The largest absolute Gasteiger partial charge is 0.444 e. The van der Waals surface area contributed by atoms with Crippen LogP contribution in [0.25, 0.3) is 0 Å². The van der Waals surface area contributed by atoms with Gasteiger partial charge in [-0.3, -0.25) is 10.2 Å². The summed E-state index contributed by atoms with van der Waals surface area (Å²) in [5.74, 6) is -0.231. The lowest BCUT2D eigenvalue weighted by atomic mass is 10.2. The Bertz CT molecular complexity index is 424. The van der Waals surface area contributed by atoms with Gasteiger partial charge in [-0.2, -0.15) is 0 Å². The van der Waals surface area contributed by atoms with E-state index >= 15 is 0 Å². The zero-order valence-electron chi connectivity index (χ0n) is 14.7. The molecule has 23 heavy (non-hydrogen) atoms. The van der Waals surface area contributed by atoms with Crippen LogP contribution in [0, 0.1) is 0 Å². The van der Waals surface area contributed by atoms with Crippen LogP contribution in [0.2, 0.25) is 0 Å². The molecule has 4 N–H and O–H groups in total. The highest BCUT2D eigenvalue weighted by atomic mass is 16.6. The lowest BCUT2D eigenvalue weighted by Crippen LogP contribution is -2.44. The third-order valence-corrected chi connectivity index (χ3v) is 1.84. The number of guanidine groups is 1. The lowest BCUT2D eigenvalue weighted by molar-refractivity contribution is 0.0516. The van der Waals surface area contributed by atoms with Gasteiger partial charge < -0.3 is 15.2 Å². The molecule has 9 heteroatoms. The van der Waals surface area contributed by atoms with E-state index < -0.39 is 23.4 Å². The van der Waals surface area contributed by atoms with Crippen molar-refractivity contribution in [2.24, 2.45) is 10.7 Å². The van der Waals surface area contributed by atoms with E-state index in [-0.39, 0.29) is 12.6 Å². The number of nitrogens with two attached hydrogens (primary N) is 1. The Morgan fingerprint density at radius 2 is 1.61 bits per heavy atom. The van der Waals surface area contributed by atoms with E-state index in [9.17, 15) is 9.59 Å². The molecule has 0 aromatic carbocycles. The predicted molar refractivity (Wildman–Crippen MR) is 85.8 cm³/mol. The molecule has 0 heterocycles. The number of nitrogens with one attached hydrogen (secondary N) is 2. The van der Waals surface area contributed by atoms with Crippen molar-refractivity contribution in [1.29, 1.82) is 0 Å². The summed E-state index contributed by atoms with van der Waals surface area (Å²) < 4.78 is 10.1. The monoisotopic (exact) mass is 332 g/mol. The number of rotatable bonds is 4. The molecule has 2 amide bonds. The second kappa shape index (κ2) is 9.31. The number of aliphatic imine (C=N–C) groups is 1. The highest BCUT2D eigenvalue weighted by Crippen LogP contribution is 2.08. The second-order valence-electron chi connectivity index (χ2n) is 6.66. The van der Waals surface area contributed by atoms with Crippen molar-refractivity contribution in [1.82, 2.24) is 10.8 Å². The van der Waals surface area contributed by atoms with Crippen LogP contribution in [0.4, 0.5) is 9.59 Å². The number of hydrogen-bond donors (Lipinski definition) is 3. The fourth-order valence-electron chi connectivity index (χ4n) is 1.13. The summed E-state index contributed by atoms with van der Waals surface area (Å²) >= 11 is 0. The van der Waals surface area contributed by atoms with E-state index in [0.717, 1.165) is 0 Å². The number of ether oxygens (including phenoxy) is 2. The average Bonchev–Trinajstić information content (AvgIpc) is 2.29. The van der Waals surface area contributed by atoms with Crippen molar-refractivity contribution in [3.05, 3.63) is 0 Å². The quantitative estimate of drug-likeness (QED) is 0.309. The van der Waals surface area contributed by atoms with Crippen LogP contribution in [0.15, 0.2) is 4.99 Å². The fraction of sp³-hybridized carbons (Fsp3) is 0.786. The summed E-state index contributed by atoms with van der Waals surface area (Å²) in [5, 5.41) is 2.29. The highest BCUT2D eigenvalue weighted by molar-refractivity contribution is 5.98. The molecule has 0 aromatic heterocycles. The van der Waals surface area contributed by atoms with Crippen LogP contribution in [-0.4, -0.2) is 42.5 Å². The molecule has 9 nitrogen and oxygen atoms in total. The Balaban J connectivity index is 4.79. The average molecular weight is 332 g/mol. The molecule has 0 aliphatic carbocycles. The van der Waals surface area contributed by atoms with Gasteiger partial charge in [0.1, 0.15) is 11.2 Å². The van der Waals surface area contributed by atoms with Crippen LogP contribution in [-0.2, 0) is 14.3 Å². The van der Waals surface area contributed by atoms with Crippen molar-refractivity contribution in [2.75, 3.05) is 13.2 Å². The Hall–Kier alpha value is -1.87. The maximum atomic E-state index is 11.7. The SMILES string of the molecule is CC(C)(C)OC(=O)/N=C(\NOCCCN)NC(=O)OC(C)(C)C. The first-order valence-electron chi connectivity index (χ1n) is 7.32. The first kappa shape index (κ1) is 21.1. The molecule has 0 bridgehead atoms. The summed E-state index contributed by atoms with van der Waals surface area (Å²) in [6, 6.07) is 0. The van der Waals surface area contributed by atoms with Gasteiger partial charge in [0.2, 0.25) is 5.96 Å². The van der Waals surface area contributed by atoms with E-state index in [1.807, 2.05) is 0 Å². The normalized spacial score (nSPS) is 12.6. The van der Waals surface area contributed by atoms with Gasteiger partial charge in [0.15, 0.2) is 0 Å². The van der Waals surface area contributed by atoms with E-state index in [4.69, 9.17) is 20.0 Å². The third-order valence-electron chi connectivity index (χ3n) is 1.84. The van der Waals surface area contributed by atoms with Crippen molar-refractivity contribution in [2.45, 2.75) is 59.2 Å². The van der Waals surface area contributed by atoms with Crippen LogP contribution in [0.3, 0.4) is 0 Å². The first-order valence-corrected chi connectivity index (χ1v) is 7.32. The van der Waals surface area contributed by atoms with Gasteiger partial charge in [-0.25, -0.2) is 15.1 Å². The minimum absolute atomic E-state index is 0.231. The molecule has 0 spiro atoms. The number of amides is 2. The van der Waals surface area contributed by atoms with Crippen molar-refractivity contribution >= 4 is 18.1 Å². The molecular weight excluding hydrogens is 304 g/mol. The number of carbonyl (C=O) groups excluding carboxylic acids is 2. The number of alkyl carbamates (subject to hydrolysis) is 1. The smallest absolute Gasteiger partial charge is 0.437 e. The Kier molecular flexibility index (Phi) is 8.55. The molecule has 134 valence electrons. The molecular formula is C14H28N4O5.